The molecule has 1 saturated heterocycles. The topological polar surface area (TPSA) is 50.2 Å². The van der Waals surface area contributed by atoms with E-state index in [1.807, 2.05) is 23.7 Å². The first kappa shape index (κ1) is 24.3. The number of aromatic nitrogens is 2. The molecule has 0 bridgehead atoms. The van der Waals surface area contributed by atoms with Crippen LogP contribution in [0, 0.1) is 30.6 Å². The molecule has 6 rings (SSSR count). The minimum Gasteiger partial charge on any atom is -0.283 e. The molecule has 0 radical (unpaired) electrons. The number of carbonyl (C=O) groups is 1. The van der Waals surface area contributed by atoms with Crippen LogP contribution >= 0.6 is 23.2 Å². The number of carbonyl (C=O) groups excluding carboxylic acids is 1. The molecule has 0 spiro atoms. The van der Waals surface area contributed by atoms with Crippen molar-refractivity contribution in [3.8, 4) is 5.69 Å². The molecule has 7 heteroatoms. The summed E-state index contributed by atoms with van der Waals surface area (Å²) in [6.07, 6.45) is 17.1. The lowest BCUT2D eigenvalue weighted by atomic mass is 9.83. The molecule has 1 aromatic carbocycles. The van der Waals surface area contributed by atoms with Crippen LogP contribution in [0.15, 0.2) is 36.4 Å². The average molecular weight is 526 g/mol. The number of allylic oxidation sites excluding steroid dienone is 4. The smallest absolute Gasteiger partial charge is 0.283 e. The molecule has 3 fully saturated rings. The van der Waals surface area contributed by atoms with Crippen LogP contribution in [0.2, 0.25) is 10.0 Å². The van der Waals surface area contributed by atoms with Gasteiger partial charge in [0, 0.05) is 23.7 Å². The number of hydrogen-bond donors (Lipinski definition) is 1. The van der Waals surface area contributed by atoms with E-state index < -0.39 is 0 Å². The van der Waals surface area contributed by atoms with Crippen molar-refractivity contribution in [2.45, 2.75) is 58.3 Å². The van der Waals surface area contributed by atoms with Gasteiger partial charge in [-0.25, -0.2) is 9.69 Å². The Labute approximate surface area is 223 Å². The van der Waals surface area contributed by atoms with Gasteiger partial charge < -0.3 is 0 Å². The molecule has 190 valence electrons. The van der Waals surface area contributed by atoms with E-state index >= 15 is 0 Å². The molecule has 2 heterocycles. The molecule has 5 nitrogen and oxygen atoms in total. The summed E-state index contributed by atoms with van der Waals surface area (Å²) < 4.78 is 1.83. The quantitative estimate of drug-likeness (QED) is 0.457. The minimum absolute atomic E-state index is 0.151. The fraction of sp³-hybridized carbons (Fsp3) is 0.517. The van der Waals surface area contributed by atoms with Crippen molar-refractivity contribution >= 4 is 34.7 Å². The summed E-state index contributed by atoms with van der Waals surface area (Å²) in [5.74, 6) is 2.65. The van der Waals surface area contributed by atoms with Crippen molar-refractivity contribution in [2.24, 2.45) is 23.7 Å². The molecule has 2 aromatic rings. The Hall–Kier alpha value is -2.08. The highest BCUT2D eigenvalue weighted by molar-refractivity contribution is 6.35. The molecule has 1 aromatic heterocycles. The number of benzene rings is 1. The highest BCUT2D eigenvalue weighted by Gasteiger charge is 2.37. The van der Waals surface area contributed by atoms with E-state index in [0.29, 0.717) is 33.5 Å². The monoisotopic (exact) mass is 524 g/mol. The van der Waals surface area contributed by atoms with Crippen LogP contribution in [0.5, 0.6) is 0 Å². The van der Waals surface area contributed by atoms with Crippen LogP contribution in [-0.4, -0.2) is 33.8 Å². The first-order valence-corrected chi connectivity index (χ1v) is 14.2. The molecule has 3 aliphatic carbocycles. The number of amides is 1. The average Bonchev–Trinajstić information content (AvgIpc) is 3.64. The highest BCUT2D eigenvalue weighted by Crippen LogP contribution is 2.39. The van der Waals surface area contributed by atoms with Crippen LogP contribution < -0.4 is 5.43 Å². The molecule has 2 saturated carbocycles. The predicted octanol–water partition coefficient (Wildman–Crippen LogP) is 7.01. The van der Waals surface area contributed by atoms with Gasteiger partial charge in [-0.05, 0) is 86.5 Å². The van der Waals surface area contributed by atoms with Gasteiger partial charge in [0.05, 0.1) is 16.4 Å². The Morgan fingerprint density at radius 1 is 1.03 bits per heavy atom. The van der Waals surface area contributed by atoms with Gasteiger partial charge in [-0.15, -0.1) is 0 Å². The van der Waals surface area contributed by atoms with Gasteiger partial charge in [0.2, 0.25) is 0 Å². The Kier molecular flexibility index (Phi) is 6.74. The van der Waals surface area contributed by atoms with Gasteiger partial charge in [-0.3, -0.25) is 10.2 Å². The fourth-order valence-corrected chi connectivity index (χ4v) is 7.44. The standard InChI is InChI=1S/C29H34Cl2N4O/c1-18-27(29(36)33-34-16-22-7-4-8-23(22)17-34)32-35(26-14-13-24(30)15-25(26)31)28(18)21-11-9-20(10-12-21)19-5-2-3-6-19/h9,11-15,19-20,22-23H,2-8,10,16-17H2,1H3,(H,33,36). The molecule has 36 heavy (non-hydrogen) atoms. The maximum atomic E-state index is 13.5. The van der Waals surface area contributed by atoms with Gasteiger partial charge in [0.1, 0.15) is 0 Å². The molecular formula is C29H34Cl2N4O. The predicted molar refractivity (Wildman–Crippen MR) is 145 cm³/mol. The first-order chi connectivity index (χ1) is 17.5. The summed E-state index contributed by atoms with van der Waals surface area (Å²) in [6.45, 7) is 3.86. The fourth-order valence-electron chi connectivity index (χ4n) is 6.95. The number of hydrogen-bond acceptors (Lipinski definition) is 3. The molecular weight excluding hydrogens is 491 g/mol. The lowest BCUT2D eigenvalue weighted by Crippen LogP contribution is -2.41. The van der Waals surface area contributed by atoms with Crippen molar-refractivity contribution in [3.05, 3.63) is 63.4 Å². The van der Waals surface area contributed by atoms with Gasteiger partial charge in [0.25, 0.3) is 5.91 Å². The molecule has 4 aliphatic rings. The Balaban J connectivity index is 1.32. The van der Waals surface area contributed by atoms with Crippen LogP contribution in [0.1, 0.15) is 73.1 Å². The Morgan fingerprint density at radius 2 is 1.75 bits per heavy atom. The summed E-state index contributed by atoms with van der Waals surface area (Å²) in [5, 5.41) is 8.01. The summed E-state index contributed by atoms with van der Waals surface area (Å²) in [4.78, 5) is 13.5. The van der Waals surface area contributed by atoms with Crippen LogP contribution in [-0.2, 0) is 0 Å². The van der Waals surface area contributed by atoms with E-state index in [0.717, 1.165) is 47.9 Å². The zero-order chi connectivity index (χ0) is 24.8. The SMILES string of the molecule is Cc1c(C(=O)NN2CC3CCCC3C2)nn(-c2ccc(Cl)cc2Cl)c1C1=CCC(C2CCCC2)C=C1. The second-order valence-electron chi connectivity index (χ2n) is 11.1. The van der Waals surface area contributed by atoms with E-state index in [1.165, 1.54) is 44.9 Å². The summed E-state index contributed by atoms with van der Waals surface area (Å²) in [6, 6.07) is 5.41. The number of fused-ring (bicyclic) bond motifs is 1. The normalized spacial score (nSPS) is 26.4. The highest BCUT2D eigenvalue weighted by atomic mass is 35.5. The number of halogens is 2. The second-order valence-corrected chi connectivity index (χ2v) is 11.9. The maximum absolute atomic E-state index is 13.5. The summed E-state index contributed by atoms with van der Waals surface area (Å²) >= 11 is 12.8. The third-order valence-electron chi connectivity index (χ3n) is 8.87. The third kappa shape index (κ3) is 4.55. The Bertz CT molecular complexity index is 1210. The van der Waals surface area contributed by atoms with E-state index in [9.17, 15) is 4.79 Å². The molecule has 3 unspecified atom stereocenters. The Morgan fingerprint density at radius 3 is 2.42 bits per heavy atom. The van der Waals surface area contributed by atoms with E-state index in [4.69, 9.17) is 28.3 Å². The second kappa shape index (κ2) is 10.00. The lowest BCUT2D eigenvalue weighted by Gasteiger charge is -2.23. The van der Waals surface area contributed by atoms with Crippen LogP contribution in [0.3, 0.4) is 0 Å². The van der Waals surface area contributed by atoms with E-state index in [2.05, 4.69) is 28.7 Å². The van der Waals surface area contributed by atoms with Gasteiger partial charge in [-0.2, -0.15) is 5.10 Å². The summed E-state index contributed by atoms with van der Waals surface area (Å²) in [5.41, 5.74) is 7.20. The van der Waals surface area contributed by atoms with Gasteiger partial charge in [0.15, 0.2) is 5.69 Å². The largest absolute Gasteiger partial charge is 0.286 e. The number of nitrogens with one attached hydrogen (secondary N) is 1. The zero-order valence-electron chi connectivity index (χ0n) is 20.9. The number of hydrazine groups is 1. The maximum Gasteiger partial charge on any atom is 0.286 e. The summed E-state index contributed by atoms with van der Waals surface area (Å²) in [7, 11) is 0. The number of nitrogens with zero attached hydrogens (tertiary/aromatic N) is 3. The van der Waals surface area contributed by atoms with Crippen LogP contribution in [0.4, 0.5) is 0 Å². The molecule has 1 amide bonds. The van der Waals surface area contributed by atoms with Gasteiger partial charge in [-0.1, -0.05) is 60.7 Å². The van der Waals surface area contributed by atoms with Crippen molar-refractivity contribution < 1.29 is 4.79 Å². The molecule has 1 aliphatic heterocycles. The van der Waals surface area contributed by atoms with Crippen molar-refractivity contribution in [1.29, 1.82) is 0 Å². The third-order valence-corrected chi connectivity index (χ3v) is 9.41. The first-order valence-electron chi connectivity index (χ1n) is 13.5. The van der Waals surface area contributed by atoms with Crippen molar-refractivity contribution in [2.75, 3.05) is 13.1 Å². The zero-order valence-corrected chi connectivity index (χ0v) is 22.4. The number of rotatable bonds is 5. The van der Waals surface area contributed by atoms with E-state index in [1.54, 1.807) is 6.07 Å². The molecule has 3 atom stereocenters. The minimum atomic E-state index is -0.151. The van der Waals surface area contributed by atoms with E-state index in [-0.39, 0.29) is 5.91 Å². The van der Waals surface area contributed by atoms with Crippen LogP contribution in [0.25, 0.3) is 11.3 Å². The van der Waals surface area contributed by atoms with Crippen molar-refractivity contribution in [3.63, 3.8) is 0 Å². The van der Waals surface area contributed by atoms with Crippen molar-refractivity contribution in [1.82, 2.24) is 20.2 Å². The molecule has 1 N–H and O–H groups in total. The van der Waals surface area contributed by atoms with Gasteiger partial charge >= 0.3 is 0 Å². The lowest BCUT2D eigenvalue weighted by molar-refractivity contribution is 0.0808.